The van der Waals surface area contributed by atoms with Gasteiger partial charge in [0.1, 0.15) is 5.82 Å². The van der Waals surface area contributed by atoms with Gasteiger partial charge in [-0.05, 0) is 44.2 Å². The van der Waals surface area contributed by atoms with E-state index in [1.165, 1.54) is 12.1 Å². The number of hydrogen-bond acceptors (Lipinski definition) is 4. The SMILES string of the molecule is CC1CN(Cc2ccn(-c3cccc(F)c3)n2)CC2(CCNC2)O1. The molecule has 3 heterocycles. The summed E-state index contributed by atoms with van der Waals surface area (Å²) in [5, 5.41) is 8.02. The van der Waals surface area contributed by atoms with E-state index in [4.69, 9.17) is 4.74 Å². The van der Waals surface area contributed by atoms with Crippen LogP contribution in [0, 0.1) is 5.82 Å². The normalized spacial score (nSPS) is 27.8. The number of benzene rings is 1. The summed E-state index contributed by atoms with van der Waals surface area (Å²) >= 11 is 0. The predicted molar refractivity (Wildman–Crippen MR) is 89.6 cm³/mol. The molecule has 1 aromatic carbocycles. The Hall–Kier alpha value is -1.76. The second kappa shape index (κ2) is 6.27. The van der Waals surface area contributed by atoms with E-state index < -0.39 is 0 Å². The lowest BCUT2D eigenvalue weighted by Crippen LogP contribution is -2.55. The van der Waals surface area contributed by atoms with Crippen molar-refractivity contribution in [1.29, 1.82) is 0 Å². The van der Waals surface area contributed by atoms with Crippen LogP contribution in [0.15, 0.2) is 36.5 Å². The number of rotatable bonds is 3. The second-order valence-corrected chi connectivity index (χ2v) is 6.94. The molecule has 2 aromatic rings. The van der Waals surface area contributed by atoms with E-state index in [2.05, 4.69) is 22.2 Å². The molecule has 1 spiro atoms. The Labute approximate surface area is 141 Å². The fourth-order valence-electron chi connectivity index (χ4n) is 3.85. The summed E-state index contributed by atoms with van der Waals surface area (Å²) in [5.41, 5.74) is 1.69. The monoisotopic (exact) mass is 330 g/mol. The molecule has 0 amide bonds. The Morgan fingerprint density at radius 1 is 1.42 bits per heavy atom. The molecule has 0 radical (unpaired) electrons. The molecule has 2 aliphatic heterocycles. The quantitative estimate of drug-likeness (QED) is 0.934. The molecule has 2 fully saturated rings. The van der Waals surface area contributed by atoms with Gasteiger partial charge in [0.05, 0.1) is 23.1 Å². The van der Waals surface area contributed by atoms with Gasteiger partial charge in [0.15, 0.2) is 0 Å². The molecule has 4 rings (SSSR count). The third-order valence-corrected chi connectivity index (χ3v) is 4.79. The first-order valence-electron chi connectivity index (χ1n) is 8.53. The second-order valence-electron chi connectivity index (χ2n) is 6.94. The van der Waals surface area contributed by atoms with Crippen LogP contribution in [0.3, 0.4) is 0 Å². The summed E-state index contributed by atoms with van der Waals surface area (Å²) in [5.74, 6) is -0.248. The molecule has 0 aliphatic carbocycles. The molecule has 6 heteroatoms. The van der Waals surface area contributed by atoms with Gasteiger partial charge >= 0.3 is 0 Å². The van der Waals surface area contributed by atoms with Crippen molar-refractivity contribution in [3.63, 3.8) is 0 Å². The Bertz CT molecular complexity index is 711. The van der Waals surface area contributed by atoms with E-state index in [0.717, 1.165) is 50.5 Å². The van der Waals surface area contributed by atoms with Gasteiger partial charge in [0, 0.05) is 32.4 Å². The minimum absolute atomic E-state index is 0.0528. The van der Waals surface area contributed by atoms with E-state index in [-0.39, 0.29) is 17.5 Å². The lowest BCUT2D eigenvalue weighted by Gasteiger charge is -2.43. The largest absolute Gasteiger partial charge is 0.368 e. The molecule has 24 heavy (non-hydrogen) atoms. The van der Waals surface area contributed by atoms with Crippen molar-refractivity contribution in [1.82, 2.24) is 20.0 Å². The third kappa shape index (κ3) is 3.22. The maximum atomic E-state index is 13.4. The van der Waals surface area contributed by atoms with Gasteiger partial charge in [-0.3, -0.25) is 4.90 Å². The van der Waals surface area contributed by atoms with Gasteiger partial charge in [-0.1, -0.05) is 6.07 Å². The summed E-state index contributed by atoms with van der Waals surface area (Å²) in [6, 6.07) is 8.50. The van der Waals surface area contributed by atoms with Gasteiger partial charge in [-0.2, -0.15) is 5.10 Å². The maximum absolute atomic E-state index is 13.4. The van der Waals surface area contributed by atoms with E-state index >= 15 is 0 Å². The van der Waals surface area contributed by atoms with Crippen molar-refractivity contribution in [2.75, 3.05) is 26.2 Å². The Morgan fingerprint density at radius 3 is 3.12 bits per heavy atom. The summed E-state index contributed by atoms with van der Waals surface area (Å²) in [6.07, 6.45) is 3.18. The minimum Gasteiger partial charge on any atom is -0.368 e. The van der Waals surface area contributed by atoms with Crippen LogP contribution in [0.25, 0.3) is 5.69 Å². The van der Waals surface area contributed by atoms with Crippen LogP contribution in [0.2, 0.25) is 0 Å². The van der Waals surface area contributed by atoms with Gasteiger partial charge in [-0.15, -0.1) is 0 Å². The zero-order valence-electron chi connectivity index (χ0n) is 13.9. The van der Waals surface area contributed by atoms with Crippen LogP contribution in [0.5, 0.6) is 0 Å². The topological polar surface area (TPSA) is 42.3 Å². The summed E-state index contributed by atoms with van der Waals surface area (Å²) in [6.45, 7) is 6.71. The van der Waals surface area contributed by atoms with E-state index in [1.807, 2.05) is 18.3 Å². The average molecular weight is 330 g/mol. The highest BCUT2D eigenvalue weighted by atomic mass is 19.1. The molecule has 128 valence electrons. The fourth-order valence-corrected chi connectivity index (χ4v) is 3.85. The first-order chi connectivity index (χ1) is 11.6. The molecular formula is C18H23FN4O. The molecule has 5 nitrogen and oxygen atoms in total. The lowest BCUT2D eigenvalue weighted by atomic mass is 9.99. The van der Waals surface area contributed by atoms with Crippen molar-refractivity contribution in [3.05, 3.63) is 48.0 Å². The first kappa shape index (κ1) is 15.7. The number of nitrogens with zero attached hydrogens (tertiary/aromatic N) is 3. The van der Waals surface area contributed by atoms with Crippen LogP contribution in [0.1, 0.15) is 19.0 Å². The van der Waals surface area contributed by atoms with Crippen molar-refractivity contribution in [2.45, 2.75) is 31.6 Å². The van der Waals surface area contributed by atoms with Crippen molar-refractivity contribution in [3.8, 4) is 5.69 Å². The zero-order valence-corrected chi connectivity index (χ0v) is 13.9. The van der Waals surface area contributed by atoms with E-state index in [9.17, 15) is 4.39 Å². The number of halogens is 1. The van der Waals surface area contributed by atoms with Crippen molar-refractivity contribution < 1.29 is 9.13 Å². The molecular weight excluding hydrogens is 307 g/mol. The number of nitrogens with one attached hydrogen (secondary N) is 1. The Morgan fingerprint density at radius 2 is 2.33 bits per heavy atom. The smallest absolute Gasteiger partial charge is 0.125 e. The summed E-state index contributed by atoms with van der Waals surface area (Å²) in [7, 11) is 0. The van der Waals surface area contributed by atoms with Crippen LogP contribution < -0.4 is 5.32 Å². The van der Waals surface area contributed by atoms with E-state index in [1.54, 1.807) is 10.7 Å². The predicted octanol–water partition coefficient (Wildman–Crippen LogP) is 1.96. The third-order valence-electron chi connectivity index (χ3n) is 4.79. The standard InChI is InChI=1S/C18H23FN4O/c1-14-10-22(13-18(24-14)6-7-20-12-18)11-16-5-8-23(21-16)17-4-2-3-15(19)9-17/h2-5,8-9,14,20H,6-7,10-13H2,1H3. The Kier molecular flexibility index (Phi) is 4.12. The number of morpholine rings is 1. The zero-order chi connectivity index (χ0) is 16.6. The van der Waals surface area contributed by atoms with E-state index in [0.29, 0.717) is 0 Å². The maximum Gasteiger partial charge on any atom is 0.125 e. The molecule has 0 saturated carbocycles. The molecule has 2 atom stereocenters. The first-order valence-corrected chi connectivity index (χ1v) is 8.53. The summed E-state index contributed by atoms with van der Waals surface area (Å²) in [4.78, 5) is 2.42. The lowest BCUT2D eigenvalue weighted by molar-refractivity contribution is -0.139. The Balaban J connectivity index is 1.47. The van der Waals surface area contributed by atoms with Crippen LogP contribution in [-0.2, 0) is 11.3 Å². The van der Waals surface area contributed by atoms with Crippen molar-refractivity contribution in [2.24, 2.45) is 0 Å². The number of aromatic nitrogens is 2. The number of hydrogen-bond donors (Lipinski definition) is 1. The molecule has 1 N–H and O–H groups in total. The van der Waals surface area contributed by atoms with Gasteiger partial charge in [0.2, 0.25) is 0 Å². The molecule has 2 unspecified atom stereocenters. The molecule has 2 aliphatic rings. The highest BCUT2D eigenvalue weighted by Gasteiger charge is 2.41. The van der Waals surface area contributed by atoms with Crippen molar-refractivity contribution >= 4 is 0 Å². The minimum atomic E-state index is -0.248. The summed E-state index contributed by atoms with van der Waals surface area (Å²) < 4.78 is 21.3. The van der Waals surface area contributed by atoms with Gasteiger partial charge < -0.3 is 10.1 Å². The number of ether oxygens (including phenoxy) is 1. The van der Waals surface area contributed by atoms with Crippen LogP contribution in [0.4, 0.5) is 4.39 Å². The van der Waals surface area contributed by atoms with Gasteiger partial charge in [0.25, 0.3) is 0 Å². The van der Waals surface area contributed by atoms with Crippen LogP contribution in [-0.4, -0.2) is 52.6 Å². The molecule has 1 aromatic heterocycles. The fraction of sp³-hybridized carbons (Fsp3) is 0.500. The molecule has 2 saturated heterocycles. The highest BCUT2D eigenvalue weighted by Crippen LogP contribution is 2.28. The van der Waals surface area contributed by atoms with Crippen LogP contribution >= 0.6 is 0 Å². The highest BCUT2D eigenvalue weighted by molar-refractivity contribution is 5.31. The van der Waals surface area contributed by atoms with Gasteiger partial charge in [-0.25, -0.2) is 9.07 Å². The average Bonchev–Trinajstić information content (AvgIpc) is 3.16. The molecule has 0 bridgehead atoms.